The lowest BCUT2D eigenvalue weighted by Crippen LogP contribution is -2.47. The van der Waals surface area contributed by atoms with E-state index in [0.717, 1.165) is 5.56 Å². The zero-order valence-electron chi connectivity index (χ0n) is 21.7. The number of aromatic nitrogens is 2. The van der Waals surface area contributed by atoms with Crippen molar-refractivity contribution in [2.45, 2.75) is 25.7 Å². The van der Waals surface area contributed by atoms with Crippen LogP contribution >= 0.6 is 0 Å². The van der Waals surface area contributed by atoms with Gasteiger partial charge in [-0.2, -0.15) is 5.10 Å². The number of aromatic amines is 1. The molecule has 40 heavy (non-hydrogen) atoms. The molecule has 0 saturated heterocycles. The van der Waals surface area contributed by atoms with Crippen LogP contribution in [0.25, 0.3) is 0 Å². The van der Waals surface area contributed by atoms with Crippen LogP contribution in [0.3, 0.4) is 0 Å². The molecule has 0 radical (unpaired) electrons. The number of imidazole rings is 1. The summed E-state index contributed by atoms with van der Waals surface area (Å²) in [6.07, 6.45) is 3.87. The molecule has 1 aromatic heterocycles. The molecule has 0 bridgehead atoms. The Kier molecular flexibility index (Phi) is 9.81. The predicted octanol–water partition coefficient (Wildman–Crippen LogP) is 4.12. The summed E-state index contributed by atoms with van der Waals surface area (Å²) in [5, 5.41) is 6.60. The Morgan fingerprint density at radius 2 is 1.85 bits per heavy atom. The van der Waals surface area contributed by atoms with Gasteiger partial charge in [-0.1, -0.05) is 42.5 Å². The number of alkyl carbamates (subject to hydrolysis) is 1. The van der Waals surface area contributed by atoms with Gasteiger partial charge in [-0.3, -0.25) is 4.79 Å². The van der Waals surface area contributed by atoms with Gasteiger partial charge in [-0.25, -0.2) is 19.6 Å². The highest BCUT2D eigenvalue weighted by Gasteiger charge is 2.22. The van der Waals surface area contributed by atoms with E-state index >= 15 is 0 Å². The van der Waals surface area contributed by atoms with Crippen LogP contribution in [-0.2, 0) is 29.2 Å². The first-order valence-electron chi connectivity index (χ1n) is 12.3. The molecule has 3 aromatic carbocycles. The van der Waals surface area contributed by atoms with E-state index in [1.54, 1.807) is 36.5 Å². The van der Waals surface area contributed by atoms with Gasteiger partial charge in [-0.15, -0.1) is 0 Å². The highest BCUT2D eigenvalue weighted by molar-refractivity contribution is 5.87. The molecule has 3 N–H and O–H groups in total. The Hall–Kier alpha value is -5.19. The number of ether oxygens (including phenoxy) is 3. The molecule has 0 fully saturated rings. The summed E-state index contributed by atoms with van der Waals surface area (Å²) in [6.45, 7) is 0.225. The second-order valence-electron chi connectivity index (χ2n) is 8.60. The van der Waals surface area contributed by atoms with Crippen molar-refractivity contribution in [2.75, 3.05) is 7.11 Å². The number of H-pyrrole nitrogens is 1. The first-order chi connectivity index (χ1) is 19.5. The number of carbonyl (C=O) groups is 2. The Labute approximate surface area is 230 Å². The number of methoxy groups -OCH3 is 1. The smallest absolute Gasteiger partial charge is 0.408 e. The predicted molar refractivity (Wildman–Crippen MR) is 145 cm³/mol. The number of nitrogens with zero attached hydrogens (tertiary/aromatic N) is 2. The number of carbonyl (C=O) groups excluding carboxylic acids is 2. The van der Waals surface area contributed by atoms with Crippen molar-refractivity contribution >= 4 is 18.2 Å². The van der Waals surface area contributed by atoms with E-state index in [4.69, 9.17) is 14.2 Å². The molecule has 0 saturated carbocycles. The standard InChI is InChI=1S/C29H28FN5O5/c1-38-27-13-21(10-11-26(27)39-18-22-8-5-9-23(30)12-22)15-33-35-28(36)25(14-24-16-31-19-32-24)34-29(37)40-17-20-6-3-2-4-7-20/h2-13,15-16,19,25H,14,17-18H2,1H3,(H,31,32)(H,34,37)(H,35,36)/b33-15-/t25-/m0/s1. The number of hydrogen-bond acceptors (Lipinski definition) is 7. The van der Waals surface area contributed by atoms with E-state index < -0.39 is 18.0 Å². The van der Waals surface area contributed by atoms with Gasteiger partial charge in [0.1, 0.15) is 25.1 Å². The average Bonchev–Trinajstić information content (AvgIpc) is 3.48. The number of halogens is 1. The third kappa shape index (κ3) is 8.42. The summed E-state index contributed by atoms with van der Waals surface area (Å²) in [7, 11) is 1.50. The van der Waals surface area contributed by atoms with Crippen molar-refractivity contribution < 1.29 is 28.2 Å². The van der Waals surface area contributed by atoms with E-state index in [9.17, 15) is 14.0 Å². The highest BCUT2D eigenvalue weighted by Crippen LogP contribution is 2.28. The number of hydrazone groups is 1. The third-order valence-corrected chi connectivity index (χ3v) is 5.66. The molecule has 1 heterocycles. The Morgan fingerprint density at radius 3 is 2.60 bits per heavy atom. The molecule has 0 spiro atoms. The summed E-state index contributed by atoms with van der Waals surface area (Å²) in [6, 6.07) is 19.4. The second-order valence-corrected chi connectivity index (χ2v) is 8.60. The molecule has 206 valence electrons. The molecule has 4 aromatic rings. The normalized spacial score (nSPS) is 11.6. The molecule has 10 nitrogen and oxygen atoms in total. The van der Waals surface area contributed by atoms with E-state index in [-0.39, 0.29) is 25.5 Å². The van der Waals surface area contributed by atoms with Gasteiger partial charge in [0.25, 0.3) is 5.91 Å². The highest BCUT2D eigenvalue weighted by atomic mass is 19.1. The number of amides is 2. The molecule has 1 atom stereocenters. The molecule has 0 aliphatic rings. The maximum absolute atomic E-state index is 13.4. The fraction of sp³-hybridized carbons (Fsp3) is 0.172. The van der Waals surface area contributed by atoms with Crippen molar-refractivity contribution in [1.82, 2.24) is 20.7 Å². The van der Waals surface area contributed by atoms with E-state index in [0.29, 0.717) is 28.3 Å². The van der Waals surface area contributed by atoms with Crippen LogP contribution in [0.5, 0.6) is 11.5 Å². The van der Waals surface area contributed by atoms with Crippen molar-refractivity contribution in [3.05, 3.63) is 114 Å². The van der Waals surface area contributed by atoms with E-state index in [1.807, 2.05) is 30.3 Å². The van der Waals surface area contributed by atoms with Crippen LogP contribution in [0.15, 0.2) is 90.4 Å². The van der Waals surface area contributed by atoms with Crippen molar-refractivity contribution in [2.24, 2.45) is 5.10 Å². The molecule has 0 aliphatic carbocycles. The van der Waals surface area contributed by atoms with Gasteiger partial charge in [0.05, 0.1) is 19.7 Å². The van der Waals surface area contributed by atoms with Crippen molar-refractivity contribution in [3.63, 3.8) is 0 Å². The zero-order valence-corrected chi connectivity index (χ0v) is 21.7. The van der Waals surface area contributed by atoms with E-state index in [2.05, 4.69) is 25.8 Å². The maximum Gasteiger partial charge on any atom is 0.408 e. The maximum atomic E-state index is 13.4. The minimum Gasteiger partial charge on any atom is -0.493 e. The first-order valence-corrected chi connectivity index (χ1v) is 12.3. The lowest BCUT2D eigenvalue weighted by molar-refractivity contribution is -0.123. The Morgan fingerprint density at radius 1 is 1.02 bits per heavy atom. The van der Waals surface area contributed by atoms with Crippen LogP contribution in [0.2, 0.25) is 0 Å². The zero-order chi connectivity index (χ0) is 28.2. The summed E-state index contributed by atoms with van der Waals surface area (Å²) in [5.74, 6) is 0.00897. The number of benzene rings is 3. The Balaban J connectivity index is 1.35. The fourth-order valence-electron chi connectivity index (χ4n) is 3.65. The minimum atomic E-state index is -0.978. The minimum absolute atomic E-state index is 0.0625. The molecule has 4 rings (SSSR count). The van der Waals surface area contributed by atoms with Crippen LogP contribution in [0.4, 0.5) is 9.18 Å². The van der Waals surface area contributed by atoms with Gasteiger partial charge in [0.15, 0.2) is 11.5 Å². The largest absolute Gasteiger partial charge is 0.493 e. The molecule has 0 unspecified atom stereocenters. The lowest BCUT2D eigenvalue weighted by Gasteiger charge is -2.16. The molecule has 0 aliphatic heterocycles. The summed E-state index contributed by atoms with van der Waals surface area (Å²) >= 11 is 0. The number of nitrogens with one attached hydrogen (secondary N) is 3. The molecule has 2 amide bonds. The van der Waals surface area contributed by atoms with Crippen molar-refractivity contribution in [3.8, 4) is 11.5 Å². The van der Waals surface area contributed by atoms with Crippen LogP contribution in [-0.4, -0.2) is 41.3 Å². The summed E-state index contributed by atoms with van der Waals surface area (Å²) in [5.41, 5.74) is 5.21. The number of rotatable bonds is 12. The van der Waals surface area contributed by atoms with Gasteiger partial charge in [-0.05, 0) is 47.0 Å². The molecular formula is C29H28FN5O5. The van der Waals surface area contributed by atoms with Gasteiger partial charge >= 0.3 is 6.09 Å². The average molecular weight is 546 g/mol. The fourth-order valence-corrected chi connectivity index (χ4v) is 3.65. The Bertz CT molecular complexity index is 1430. The summed E-state index contributed by atoms with van der Waals surface area (Å²) in [4.78, 5) is 32.1. The van der Waals surface area contributed by atoms with Crippen LogP contribution < -0.4 is 20.2 Å². The lowest BCUT2D eigenvalue weighted by atomic mass is 10.1. The van der Waals surface area contributed by atoms with Gasteiger partial charge in [0, 0.05) is 18.3 Å². The summed E-state index contributed by atoms with van der Waals surface area (Å²) < 4.78 is 29.8. The topological polar surface area (TPSA) is 127 Å². The van der Waals surface area contributed by atoms with Crippen LogP contribution in [0, 0.1) is 5.82 Å². The van der Waals surface area contributed by atoms with Crippen LogP contribution in [0.1, 0.15) is 22.4 Å². The monoisotopic (exact) mass is 545 g/mol. The van der Waals surface area contributed by atoms with Gasteiger partial charge in [0.2, 0.25) is 0 Å². The van der Waals surface area contributed by atoms with Gasteiger partial charge < -0.3 is 24.5 Å². The molecule has 11 heteroatoms. The second kappa shape index (κ2) is 14.1. The first kappa shape index (κ1) is 27.8. The third-order valence-electron chi connectivity index (χ3n) is 5.66. The SMILES string of the molecule is COc1cc(/C=N\NC(=O)[C@H](Cc2cnc[nH]2)NC(=O)OCc2ccccc2)ccc1OCc1cccc(F)c1. The molecular weight excluding hydrogens is 517 g/mol. The quantitative estimate of drug-likeness (QED) is 0.182. The van der Waals surface area contributed by atoms with E-state index in [1.165, 1.54) is 31.8 Å². The number of hydrogen-bond donors (Lipinski definition) is 3. The van der Waals surface area contributed by atoms with Crippen molar-refractivity contribution in [1.29, 1.82) is 0 Å².